The summed E-state index contributed by atoms with van der Waals surface area (Å²) in [6.07, 6.45) is -3.02. The number of hydrogen-bond donors (Lipinski definition) is 3. The molecule has 0 saturated carbocycles. The number of fused-ring (bicyclic) bond motifs is 1. The van der Waals surface area contributed by atoms with Crippen molar-refractivity contribution >= 4 is 23.1 Å². The molecule has 1 atom stereocenters. The van der Waals surface area contributed by atoms with Gasteiger partial charge in [-0.25, -0.2) is 18.3 Å². The lowest BCUT2D eigenvalue weighted by Crippen LogP contribution is -2.43. The third-order valence-corrected chi connectivity index (χ3v) is 4.81. The number of nitrogens with one attached hydrogen (secondary N) is 2. The topological polar surface area (TPSA) is 115 Å². The average molecular weight is 444 g/mol. The van der Waals surface area contributed by atoms with Crippen molar-refractivity contribution in [3.8, 4) is 0 Å². The first kappa shape index (κ1) is 21.0. The van der Waals surface area contributed by atoms with E-state index < -0.39 is 48.3 Å². The van der Waals surface area contributed by atoms with Gasteiger partial charge in [-0.15, -0.1) is 0 Å². The van der Waals surface area contributed by atoms with Crippen LogP contribution < -0.4 is 16.4 Å². The van der Waals surface area contributed by atoms with E-state index in [1.165, 1.54) is 23.8 Å². The molecule has 9 nitrogen and oxygen atoms in total. The number of amides is 1. The van der Waals surface area contributed by atoms with Crippen LogP contribution in [0.4, 0.5) is 33.5 Å². The maximum Gasteiger partial charge on any atom is 0.437 e. The van der Waals surface area contributed by atoms with Crippen LogP contribution in [0, 0.1) is 0 Å². The lowest BCUT2D eigenvalue weighted by Gasteiger charge is -2.29. The average Bonchev–Trinajstić information content (AvgIpc) is 3.20. The number of hydrogen-bond acceptors (Lipinski definition) is 6. The Labute approximate surface area is 171 Å². The molecule has 0 aliphatic carbocycles. The third-order valence-electron chi connectivity index (χ3n) is 4.81. The molecular weight excluding hydrogens is 427 g/mol. The quantitative estimate of drug-likeness (QED) is 0.533. The fourth-order valence-electron chi connectivity index (χ4n) is 3.57. The second kappa shape index (κ2) is 7.14. The highest BCUT2D eigenvalue weighted by Gasteiger charge is 2.41. The molecule has 1 aliphatic heterocycles. The van der Waals surface area contributed by atoms with Crippen LogP contribution in [0.25, 0.3) is 5.65 Å². The van der Waals surface area contributed by atoms with Crippen molar-refractivity contribution in [2.75, 3.05) is 24.1 Å². The summed E-state index contributed by atoms with van der Waals surface area (Å²) >= 11 is 0. The summed E-state index contributed by atoms with van der Waals surface area (Å²) in [4.78, 5) is 17.1. The Morgan fingerprint density at radius 1 is 1.35 bits per heavy atom. The molecule has 4 heterocycles. The van der Waals surface area contributed by atoms with Crippen LogP contribution in [0.1, 0.15) is 34.1 Å². The van der Waals surface area contributed by atoms with Gasteiger partial charge in [0, 0.05) is 38.3 Å². The standard InChI is InChI=1S/C17H17F5N8O/c1-29-6-9(13(28-29)17(20,21)22)25-15(31)11-12(8-4-16(18,19)7-24-5-8)27-30-3-2-10(23)26-14(11)30/h2-3,6,8,24H,4-5,7H2,1H3,(H2,23,26)(H,25,31). The number of nitrogen functional groups attached to an aromatic ring is 1. The van der Waals surface area contributed by atoms with Gasteiger partial charge >= 0.3 is 6.18 Å². The lowest BCUT2D eigenvalue weighted by molar-refractivity contribution is -0.140. The normalized spacial score (nSPS) is 19.0. The molecule has 0 bridgehead atoms. The minimum atomic E-state index is -4.81. The van der Waals surface area contributed by atoms with Crippen LogP contribution in [0.3, 0.4) is 0 Å². The van der Waals surface area contributed by atoms with E-state index in [1.807, 2.05) is 0 Å². The van der Waals surface area contributed by atoms with Crippen LogP contribution in [0.15, 0.2) is 18.5 Å². The van der Waals surface area contributed by atoms with Gasteiger partial charge in [-0.05, 0) is 6.07 Å². The molecule has 3 aromatic heterocycles. The second-order valence-electron chi connectivity index (χ2n) is 7.29. The van der Waals surface area contributed by atoms with Gasteiger partial charge in [0.05, 0.1) is 17.9 Å². The van der Waals surface area contributed by atoms with Crippen LogP contribution >= 0.6 is 0 Å². The number of aryl methyl sites for hydroxylation is 1. The van der Waals surface area contributed by atoms with Gasteiger partial charge in [0.2, 0.25) is 0 Å². The largest absolute Gasteiger partial charge is 0.437 e. The van der Waals surface area contributed by atoms with E-state index in [1.54, 1.807) is 0 Å². The Balaban J connectivity index is 1.79. The van der Waals surface area contributed by atoms with Gasteiger partial charge in [-0.2, -0.15) is 23.4 Å². The maximum absolute atomic E-state index is 14.0. The first-order valence-corrected chi connectivity index (χ1v) is 9.10. The number of halogens is 5. The zero-order chi connectivity index (χ0) is 22.6. The van der Waals surface area contributed by atoms with Gasteiger partial charge in [0.15, 0.2) is 11.3 Å². The first-order valence-electron chi connectivity index (χ1n) is 9.10. The molecule has 4 rings (SSSR count). The number of nitrogens with two attached hydrogens (primary N) is 1. The molecule has 4 N–H and O–H groups in total. The zero-order valence-corrected chi connectivity index (χ0v) is 16.0. The molecule has 0 radical (unpaired) electrons. The van der Waals surface area contributed by atoms with Gasteiger partial charge in [0.25, 0.3) is 11.8 Å². The Kier molecular flexibility index (Phi) is 4.83. The molecule has 1 aliphatic rings. The van der Waals surface area contributed by atoms with Crippen molar-refractivity contribution < 1.29 is 26.7 Å². The number of alkyl halides is 5. The predicted molar refractivity (Wildman–Crippen MR) is 98.7 cm³/mol. The van der Waals surface area contributed by atoms with E-state index in [0.29, 0.717) is 0 Å². The SMILES string of the molecule is Cn1cc(NC(=O)c2c(C3CNCC(F)(F)C3)nn3ccc(N)nc23)c(C(F)(F)F)n1. The van der Waals surface area contributed by atoms with Crippen molar-refractivity contribution in [2.45, 2.75) is 24.4 Å². The van der Waals surface area contributed by atoms with Crippen molar-refractivity contribution in [3.05, 3.63) is 35.4 Å². The van der Waals surface area contributed by atoms with E-state index in [9.17, 15) is 26.7 Å². The van der Waals surface area contributed by atoms with Crippen LogP contribution in [-0.4, -0.2) is 49.3 Å². The van der Waals surface area contributed by atoms with Crippen LogP contribution in [0.5, 0.6) is 0 Å². The Morgan fingerprint density at radius 3 is 2.77 bits per heavy atom. The van der Waals surface area contributed by atoms with Gasteiger partial charge in [-0.3, -0.25) is 9.48 Å². The Morgan fingerprint density at radius 2 is 2.10 bits per heavy atom. The number of nitrogens with zero attached hydrogens (tertiary/aromatic N) is 5. The summed E-state index contributed by atoms with van der Waals surface area (Å²) in [5.74, 6) is -4.87. The number of piperidine rings is 1. The van der Waals surface area contributed by atoms with E-state index in [2.05, 4.69) is 25.8 Å². The van der Waals surface area contributed by atoms with E-state index in [-0.39, 0.29) is 29.3 Å². The minimum absolute atomic E-state index is 0.0140. The number of aromatic nitrogens is 5. The van der Waals surface area contributed by atoms with Crippen LogP contribution in [0.2, 0.25) is 0 Å². The molecule has 14 heteroatoms. The Hall–Kier alpha value is -3.29. The number of anilines is 2. The molecule has 0 spiro atoms. The van der Waals surface area contributed by atoms with Gasteiger partial charge < -0.3 is 16.4 Å². The van der Waals surface area contributed by atoms with Crippen molar-refractivity contribution in [1.29, 1.82) is 0 Å². The summed E-state index contributed by atoms with van der Waals surface area (Å²) in [5.41, 5.74) is 3.51. The maximum atomic E-state index is 14.0. The third kappa shape index (κ3) is 4.02. The molecule has 166 valence electrons. The van der Waals surface area contributed by atoms with Gasteiger partial charge in [0.1, 0.15) is 11.4 Å². The fourth-order valence-corrected chi connectivity index (χ4v) is 3.57. The molecular formula is C17H17F5N8O. The molecule has 1 amide bonds. The summed E-state index contributed by atoms with van der Waals surface area (Å²) in [5, 5.41) is 12.3. The zero-order valence-electron chi connectivity index (χ0n) is 16.0. The predicted octanol–water partition coefficient (Wildman–Crippen LogP) is 2.03. The number of carbonyl (C=O) groups is 1. The molecule has 1 fully saturated rings. The smallest absolute Gasteiger partial charge is 0.384 e. The number of rotatable bonds is 3. The molecule has 1 saturated heterocycles. The van der Waals surface area contributed by atoms with Crippen molar-refractivity contribution in [3.63, 3.8) is 0 Å². The van der Waals surface area contributed by atoms with E-state index >= 15 is 0 Å². The minimum Gasteiger partial charge on any atom is -0.384 e. The highest BCUT2D eigenvalue weighted by molar-refractivity contribution is 6.09. The molecule has 0 aromatic carbocycles. The summed E-state index contributed by atoms with van der Waals surface area (Å²) in [6.45, 7) is -0.413. The summed E-state index contributed by atoms with van der Waals surface area (Å²) < 4.78 is 69.8. The van der Waals surface area contributed by atoms with Gasteiger partial charge in [-0.1, -0.05) is 0 Å². The van der Waals surface area contributed by atoms with Crippen LogP contribution in [-0.2, 0) is 13.2 Å². The highest BCUT2D eigenvalue weighted by Crippen LogP contribution is 2.36. The molecule has 3 aromatic rings. The number of carbonyl (C=O) groups excluding carboxylic acids is 1. The van der Waals surface area contributed by atoms with Crippen molar-refractivity contribution in [1.82, 2.24) is 29.7 Å². The van der Waals surface area contributed by atoms with E-state index in [4.69, 9.17) is 5.73 Å². The highest BCUT2D eigenvalue weighted by atomic mass is 19.4. The van der Waals surface area contributed by atoms with Crippen molar-refractivity contribution in [2.24, 2.45) is 7.05 Å². The summed E-state index contributed by atoms with van der Waals surface area (Å²) in [7, 11) is 1.27. The molecule has 1 unspecified atom stereocenters. The lowest BCUT2D eigenvalue weighted by atomic mass is 9.91. The molecule has 31 heavy (non-hydrogen) atoms. The summed E-state index contributed by atoms with van der Waals surface area (Å²) in [6, 6.07) is 1.39. The van der Waals surface area contributed by atoms with E-state index in [0.717, 1.165) is 10.9 Å². The first-order chi connectivity index (χ1) is 14.4. The Bertz CT molecular complexity index is 1150. The fraction of sp³-hybridized carbons (Fsp3) is 0.412. The second-order valence-corrected chi connectivity index (χ2v) is 7.29. The monoisotopic (exact) mass is 444 g/mol.